The number of pyridine rings is 1. The molecule has 1 saturated heterocycles. The summed E-state index contributed by atoms with van der Waals surface area (Å²) in [6.45, 7) is 5.42. The summed E-state index contributed by atoms with van der Waals surface area (Å²) in [5.74, 6) is 0.607. The highest BCUT2D eigenvalue weighted by molar-refractivity contribution is 5.79. The first-order valence-corrected chi connectivity index (χ1v) is 9.67. The second-order valence-corrected chi connectivity index (χ2v) is 7.06. The molecule has 6 nitrogen and oxygen atoms in total. The molecule has 0 saturated carbocycles. The molecule has 1 fully saturated rings. The molecule has 1 N–H and O–H groups in total. The maximum atomic E-state index is 4.86. The lowest BCUT2D eigenvalue weighted by Crippen LogP contribution is -2.19. The SMILES string of the molecule is Cc1ccc(C(=CCN2CCCC2)c2cccc(C=Cc3nnn[nH]3)n2)cc1. The summed E-state index contributed by atoms with van der Waals surface area (Å²) in [6, 6.07) is 14.8. The number of nitrogens with zero attached hydrogens (tertiary/aromatic N) is 5. The zero-order valence-electron chi connectivity index (χ0n) is 16.0. The van der Waals surface area contributed by atoms with Gasteiger partial charge in [-0.1, -0.05) is 42.0 Å². The van der Waals surface area contributed by atoms with Gasteiger partial charge in [-0.05, 0) is 73.1 Å². The molecule has 142 valence electrons. The minimum Gasteiger partial charge on any atom is -0.300 e. The number of nitrogens with one attached hydrogen (secondary N) is 1. The highest BCUT2D eigenvalue weighted by Gasteiger charge is 2.12. The Bertz CT molecular complexity index is 951. The Morgan fingerprint density at radius 3 is 2.64 bits per heavy atom. The summed E-state index contributed by atoms with van der Waals surface area (Å²) >= 11 is 0. The largest absolute Gasteiger partial charge is 0.300 e. The molecule has 28 heavy (non-hydrogen) atoms. The van der Waals surface area contributed by atoms with Gasteiger partial charge in [-0.2, -0.15) is 0 Å². The van der Waals surface area contributed by atoms with Gasteiger partial charge in [0.15, 0.2) is 5.82 Å². The predicted octanol–water partition coefficient (Wildman–Crippen LogP) is 3.60. The van der Waals surface area contributed by atoms with E-state index in [2.05, 4.69) is 68.9 Å². The highest BCUT2D eigenvalue weighted by Crippen LogP contribution is 2.23. The molecule has 0 amide bonds. The van der Waals surface area contributed by atoms with E-state index in [0.717, 1.165) is 17.9 Å². The van der Waals surface area contributed by atoms with Crippen LogP contribution >= 0.6 is 0 Å². The third-order valence-corrected chi connectivity index (χ3v) is 4.94. The smallest absolute Gasteiger partial charge is 0.172 e. The Morgan fingerprint density at radius 2 is 1.89 bits per heavy atom. The fourth-order valence-electron chi connectivity index (χ4n) is 3.38. The second-order valence-electron chi connectivity index (χ2n) is 7.06. The molecule has 4 rings (SSSR count). The van der Waals surface area contributed by atoms with Crippen LogP contribution in [-0.2, 0) is 0 Å². The van der Waals surface area contributed by atoms with E-state index in [4.69, 9.17) is 4.98 Å². The van der Waals surface area contributed by atoms with Crippen LogP contribution in [0.4, 0.5) is 0 Å². The lowest BCUT2D eigenvalue weighted by atomic mass is 10.00. The van der Waals surface area contributed by atoms with Crippen molar-refractivity contribution >= 4 is 17.7 Å². The number of benzene rings is 1. The van der Waals surface area contributed by atoms with E-state index in [1.807, 2.05) is 24.3 Å². The van der Waals surface area contributed by atoms with Crippen LogP contribution in [-0.4, -0.2) is 50.1 Å². The molecular weight excluding hydrogens is 348 g/mol. The van der Waals surface area contributed by atoms with E-state index in [9.17, 15) is 0 Å². The number of rotatable bonds is 6. The summed E-state index contributed by atoms with van der Waals surface area (Å²) in [5, 5.41) is 13.8. The topological polar surface area (TPSA) is 70.6 Å². The third-order valence-electron chi connectivity index (χ3n) is 4.94. The maximum absolute atomic E-state index is 4.86. The second kappa shape index (κ2) is 8.71. The number of hydrogen-bond acceptors (Lipinski definition) is 5. The molecule has 0 radical (unpaired) electrons. The van der Waals surface area contributed by atoms with Crippen molar-refractivity contribution < 1.29 is 0 Å². The summed E-state index contributed by atoms with van der Waals surface area (Å²) in [7, 11) is 0. The van der Waals surface area contributed by atoms with Crippen LogP contribution in [0.25, 0.3) is 17.7 Å². The molecular formula is C22H24N6. The van der Waals surface area contributed by atoms with Gasteiger partial charge >= 0.3 is 0 Å². The monoisotopic (exact) mass is 372 g/mol. The van der Waals surface area contributed by atoms with Crippen molar-refractivity contribution in [2.24, 2.45) is 0 Å². The number of likely N-dealkylation sites (tertiary alicyclic amines) is 1. The predicted molar refractivity (Wildman–Crippen MR) is 111 cm³/mol. The molecule has 1 aromatic carbocycles. The average Bonchev–Trinajstić information content (AvgIpc) is 3.42. The number of tetrazole rings is 1. The molecule has 1 aliphatic heterocycles. The quantitative estimate of drug-likeness (QED) is 0.716. The van der Waals surface area contributed by atoms with Crippen LogP contribution in [0.2, 0.25) is 0 Å². The highest BCUT2D eigenvalue weighted by atomic mass is 15.5. The molecule has 6 heteroatoms. The van der Waals surface area contributed by atoms with Gasteiger partial charge in [-0.25, -0.2) is 10.1 Å². The van der Waals surface area contributed by atoms with Crippen LogP contribution in [0.5, 0.6) is 0 Å². The van der Waals surface area contributed by atoms with Gasteiger partial charge in [-0.15, -0.1) is 5.10 Å². The summed E-state index contributed by atoms with van der Waals surface area (Å²) in [4.78, 5) is 7.36. The summed E-state index contributed by atoms with van der Waals surface area (Å²) < 4.78 is 0. The number of aromatic nitrogens is 5. The Balaban J connectivity index is 1.64. The number of aryl methyl sites for hydroxylation is 1. The molecule has 3 heterocycles. The maximum Gasteiger partial charge on any atom is 0.172 e. The van der Waals surface area contributed by atoms with E-state index >= 15 is 0 Å². The van der Waals surface area contributed by atoms with E-state index < -0.39 is 0 Å². The van der Waals surface area contributed by atoms with Crippen molar-refractivity contribution in [2.45, 2.75) is 19.8 Å². The van der Waals surface area contributed by atoms with Gasteiger partial charge in [0.2, 0.25) is 0 Å². The molecule has 3 aromatic rings. The molecule has 1 aliphatic rings. The lowest BCUT2D eigenvalue weighted by molar-refractivity contribution is 0.377. The molecule has 0 unspecified atom stereocenters. The average molecular weight is 372 g/mol. The molecule has 2 aromatic heterocycles. The zero-order chi connectivity index (χ0) is 19.2. The van der Waals surface area contributed by atoms with Crippen LogP contribution in [0, 0.1) is 6.92 Å². The minimum atomic E-state index is 0.607. The van der Waals surface area contributed by atoms with Crippen LogP contribution in [0.1, 0.15) is 41.2 Å². The van der Waals surface area contributed by atoms with Gasteiger partial charge in [0.25, 0.3) is 0 Å². The molecule has 0 bridgehead atoms. The zero-order valence-corrected chi connectivity index (χ0v) is 16.0. The van der Waals surface area contributed by atoms with E-state index in [1.165, 1.54) is 42.6 Å². The van der Waals surface area contributed by atoms with E-state index in [0.29, 0.717) is 5.82 Å². The third kappa shape index (κ3) is 4.58. The fraction of sp³-hybridized carbons (Fsp3) is 0.273. The van der Waals surface area contributed by atoms with Crippen molar-refractivity contribution in [1.29, 1.82) is 0 Å². The Hall–Kier alpha value is -3.12. The van der Waals surface area contributed by atoms with E-state index in [-0.39, 0.29) is 0 Å². The van der Waals surface area contributed by atoms with Crippen LogP contribution < -0.4 is 0 Å². The van der Waals surface area contributed by atoms with Crippen molar-refractivity contribution in [3.05, 3.63) is 76.9 Å². The van der Waals surface area contributed by atoms with Crippen molar-refractivity contribution in [2.75, 3.05) is 19.6 Å². The Kier molecular flexibility index (Phi) is 5.68. The summed E-state index contributed by atoms with van der Waals surface area (Å²) in [6.07, 6.45) is 8.64. The standard InChI is InChI=1S/C22H24N6/c1-17-7-9-18(10-8-17)20(13-16-28-14-2-3-15-28)21-6-4-5-19(23-21)11-12-22-24-26-27-25-22/h4-13H,2-3,14-16H2,1H3,(H,24,25,26,27). The first kappa shape index (κ1) is 18.3. The van der Waals surface area contributed by atoms with Gasteiger partial charge in [0.1, 0.15) is 0 Å². The number of H-pyrrole nitrogens is 1. The fourth-order valence-corrected chi connectivity index (χ4v) is 3.38. The van der Waals surface area contributed by atoms with E-state index in [1.54, 1.807) is 0 Å². The number of hydrogen-bond donors (Lipinski definition) is 1. The Morgan fingerprint density at radius 1 is 1.07 bits per heavy atom. The number of aromatic amines is 1. The lowest BCUT2D eigenvalue weighted by Gasteiger charge is -2.14. The van der Waals surface area contributed by atoms with Crippen molar-refractivity contribution in [3.8, 4) is 0 Å². The molecule has 0 aliphatic carbocycles. The van der Waals surface area contributed by atoms with Gasteiger partial charge in [0, 0.05) is 12.1 Å². The molecule has 0 spiro atoms. The Labute approximate surface area is 165 Å². The summed E-state index contributed by atoms with van der Waals surface area (Å²) in [5.41, 5.74) is 5.46. The first-order valence-electron chi connectivity index (χ1n) is 9.67. The van der Waals surface area contributed by atoms with Crippen LogP contribution in [0.3, 0.4) is 0 Å². The van der Waals surface area contributed by atoms with Crippen molar-refractivity contribution in [1.82, 2.24) is 30.5 Å². The van der Waals surface area contributed by atoms with Gasteiger partial charge in [-0.3, -0.25) is 4.90 Å². The van der Waals surface area contributed by atoms with Crippen molar-refractivity contribution in [3.63, 3.8) is 0 Å². The van der Waals surface area contributed by atoms with Crippen LogP contribution in [0.15, 0.2) is 48.5 Å². The minimum absolute atomic E-state index is 0.607. The normalized spacial score (nSPS) is 15.5. The molecule has 0 atom stereocenters. The first-order chi connectivity index (χ1) is 13.8. The van der Waals surface area contributed by atoms with Gasteiger partial charge < -0.3 is 0 Å². The van der Waals surface area contributed by atoms with Gasteiger partial charge in [0.05, 0.1) is 11.4 Å².